The van der Waals surface area contributed by atoms with Gasteiger partial charge >= 0.3 is 0 Å². The zero-order chi connectivity index (χ0) is 18.5. The van der Waals surface area contributed by atoms with Crippen molar-refractivity contribution in [3.8, 4) is 5.75 Å². The van der Waals surface area contributed by atoms with E-state index >= 15 is 0 Å². The molecule has 3 rings (SSSR count). The maximum absolute atomic E-state index is 13.7. The highest BCUT2D eigenvalue weighted by Gasteiger charge is 2.22. The van der Waals surface area contributed by atoms with Gasteiger partial charge in [-0.3, -0.25) is 15.0 Å². The van der Waals surface area contributed by atoms with E-state index in [1.807, 2.05) is 0 Å². The van der Waals surface area contributed by atoms with Gasteiger partial charge in [-0.25, -0.2) is 4.39 Å². The van der Waals surface area contributed by atoms with Crippen molar-refractivity contribution in [2.75, 3.05) is 32.1 Å². The van der Waals surface area contributed by atoms with Crippen LogP contribution in [0.3, 0.4) is 0 Å². The minimum Gasteiger partial charge on any atom is -0.494 e. The number of thiophene rings is 1. The van der Waals surface area contributed by atoms with Crippen LogP contribution in [0.1, 0.15) is 17.7 Å². The zero-order valence-corrected chi connectivity index (χ0v) is 15.4. The summed E-state index contributed by atoms with van der Waals surface area (Å²) < 4.78 is 18.7. The van der Waals surface area contributed by atoms with Crippen LogP contribution in [-0.2, 0) is 6.54 Å². The Morgan fingerprint density at radius 2 is 2.19 bits per heavy atom. The first-order valence-corrected chi connectivity index (χ1v) is 9.45. The summed E-state index contributed by atoms with van der Waals surface area (Å²) in [6, 6.07) is 6.49. The number of hydrogen-bond donors (Lipinski definition) is 1. The van der Waals surface area contributed by atoms with Gasteiger partial charge in [0, 0.05) is 24.0 Å². The summed E-state index contributed by atoms with van der Waals surface area (Å²) in [5.41, 5.74) is 0.0349. The molecule has 1 aromatic carbocycles. The molecule has 1 fully saturated rings. The molecule has 1 aromatic heterocycles. The summed E-state index contributed by atoms with van der Waals surface area (Å²) in [5, 5.41) is 16.4. The van der Waals surface area contributed by atoms with Crippen molar-refractivity contribution in [2.24, 2.45) is 5.92 Å². The summed E-state index contributed by atoms with van der Waals surface area (Å²) in [4.78, 5) is 14.4. The van der Waals surface area contributed by atoms with Gasteiger partial charge in [-0.05, 0) is 43.3 Å². The number of benzene rings is 1. The molecular formula is C18H22FN3O3S. The third-order valence-corrected chi connectivity index (χ3v) is 5.58. The van der Waals surface area contributed by atoms with Crippen LogP contribution in [0.25, 0.3) is 0 Å². The van der Waals surface area contributed by atoms with Crippen molar-refractivity contribution in [2.45, 2.75) is 19.4 Å². The van der Waals surface area contributed by atoms with Crippen LogP contribution < -0.4 is 10.1 Å². The number of rotatable bonds is 7. The van der Waals surface area contributed by atoms with Gasteiger partial charge < -0.3 is 10.1 Å². The number of methoxy groups -OCH3 is 1. The molecule has 0 aliphatic carbocycles. The second-order valence-corrected chi connectivity index (χ2v) is 7.47. The fourth-order valence-electron chi connectivity index (χ4n) is 3.22. The molecule has 2 aromatic rings. The van der Waals surface area contributed by atoms with E-state index < -0.39 is 10.7 Å². The molecule has 0 saturated carbocycles. The van der Waals surface area contributed by atoms with Crippen molar-refractivity contribution < 1.29 is 14.1 Å². The molecule has 26 heavy (non-hydrogen) atoms. The molecule has 1 aliphatic rings. The quantitative estimate of drug-likeness (QED) is 0.579. The second kappa shape index (κ2) is 8.46. The third-order valence-electron chi connectivity index (χ3n) is 4.71. The molecule has 0 bridgehead atoms. The first-order chi connectivity index (χ1) is 12.6. The predicted octanol–water partition coefficient (Wildman–Crippen LogP) is 4.13. The summed E-state index contributed by atoms with van der Waals surface area (Å²) in [6.07, 6.45) is 2.06. The van der Waals surface area contributed by atoms with Crippen LogP contribution in [0, 0.1) is 21.8 Å². The van der Waals surface area contributed by atoms with Crippen molar-refractivity contribution in [1.29, 1.82) is 0 Å². The van der Waals surface area contributed by atoms with E-state index in [1.165, 1.54) is 18.1 Å². The van der Waals surface area contributed by atoms with E-state index in [0.717, 1.165) is 38.5 Å². The number of nitro benzene ring substituents is 1. The van der Waals surface area contributed by atoms with E-state index in [-0.39, 0.29) is 11.4 Å². The highest BCUT2D eigenvalue weighted by atomic mass is 32.1. The largest absolute Gasteiger partial charge is 0.494 e. The standard InChI is InChI=1S/C18H22FN3O3S/c1-25-18-10-16(17(22(23)24)9-15(18)19)20-11-13-4-6-21(7-5-13)12-14-3-2-8-26-14/h2-3,8-10,13,20H,4-7,11-12H2,1H3. The summed E-state index contributed by atoms with van der Waals surface area (Å²) in [5.74, 6) is -0.291. The van der Waals surface area contributed by atoms with Gasteiger partial charge in [0.1, 0.15) is 5.69 Å². The van der Waals surface area contributed by atoms with Crippen LogP contribution in [0.5, 0.6) is 5.75 Å². The van der Waals surface area contributed by atoms with Crippen LogP contribution in [-0.4, -0.2) is 36.6 Å². The lowest BCUT2D eigenvalue weighted by atomic mass is 9.96. The number of hydrogen-bond acceptors (Lipinski definition) is 6. The number of nitrogens with one attached hydrogen (secondary N) is 1. The van der Waals surface area contributed by atoms with E-state index in [0.29, 0.717) is 18.2 Å². The molecule has 6 nitrogen and oxygen atoms in total. The number of nitro groups is 1. The molecule has 140 valence electrons. The molecule has 1 aliphatic heterocycles. The average Bonchev–Trinajstić information content (AvgIpc) is 3.14. The highest BCUT2D eigenvalue weighted by molar-refractivity contribution is 7.09. The van der Waals surface area contributed by atoms with Gasteiger partial charge in [0.2, 0.25) is 0 Å². The number of likely N-dealkylation sites (tertiary alicyclic amines) is 1. The fourth-order valence-corrected chi connectivity index (χ4v) is 3.96. The van der Waals surface area contributed by atoms with E-state index in [4.69, 9.17) is 4.74 Å². The normalized spacial score (nSPS) is 15.8. The lowest BCUT2D eigenvalue weighted by molar-refractivity contribution is -0.384. The van der Waals surface area contributed by atoms with Gasteiger partial charge in [0.25, 0.3) is 5.69 Å². The number of ether oxygens (including phenoxy) is 1. The molecule has 0 unspecified atom stereocenters. The molecule has 0 radical (unpaired) electrons. The van der Waals surface area contributed by atoms with Crippen LogP contribution in [0.4, 0.5) is 15.8 Å². The first kappa shape index (κ1) is 18.6. The maximum Gasteiger partial charge on any atom is 0.295 e. The van der Waals surface area contributed by atoms with Gasteiger partial charge in [0.05, 0.1) is 18.1 Å². The Labute approximate surface area is 155 Å². The Balaban J connectivity index is 1.55. The second-order valence-electron chi connectivity index (χ2n) is 6.44. The number of anilines is 1. The van der Waals surface area contributed by atoms with Crippen molar-refractivity contribution >= 4 is 22.7 Å². The lowest BCUT2D eigenvalue weighted by Crippen LogP contribution is -2.35. The highest BCUT2D eigenvalue weighted by Crippen LogP contribution is 2.32. The topological polar surface area (TPSA) is 67.6 Å². The van der Waals surface area contributed by atoms with Gasteiger partial charge in [-0.1, -0.05) is 6.07 Å². The first-order valence-electron chi connectivity index (χ1n) is 8.57. The molecular weight excluding hydrogens is 357 g/mol. The number of nitrogens with zero attached hydrogens (tertiary/aromatic N) is 2. The smallest absolute Gasteiger partial charge is 0.295 e. The minimum atomic E-state index is -0.730. The lowest BCUT2D eigenvalue weighted by Gasteiger charge is -2.31. The molecule has 0 amide bonds. The summed E-state index contributed by atoms with van der Waals surface area (Å²) >= 11 is 1.77. The minimum absolute atomic E-state index is 0.00358. The Bertz CT molecular complexity index is 746. The van der Waals surface area contributed by atoms with E-state index in [2.05, 4.69) is 27.7 Å². The summed E-state index contributed by atoms with van der Waals surface area (Å²) in [7, 11) is 1.34. The number of piperidine rings is 1. The molecule has 0 spiro atoms. The van der Waals surface area contributed by atoms with E-state index in [9.17, 15) is 14.5 Å². The van der Waals surface area contributed by atoms with Crippen LogP contribution >= 0.6 is 11.3 Å². The maximum atomic E-state index is 13.7. The monoisotopic (exact) mass is 379 g/mol. The molecule has 0 atom stereocenters. The van der Waals surface area contributed by atoms with Crippen LogP contribution in [0.2, 0.25) is 0 Å². The average molecular weight is 379 g/mol. The summed E-state index contributed by atoms with van der Waals surface area (Å²) in [6.45, 7) is 3.64. The predicted molar refractivity (Wildman–Crippen MR) is 100 cm³/mol. The van der Waals surface area contributed by atoms with Crippen molar-refractivity contribution in [1.82, 2.24) is 4.90 Å². The SMILES string of the molecule is COc1cc(NCC2CCN(Cc3cccs3)CC2)c([N+](=O)[O-])cc1F. The Kier molecular flexibility index (Phi) is 6.05. The Morgan fingerprint density at radius 1 is 1.42 bits per heavy atom. The fraction of sp³-hybridized carbons (Fsp3) is 0.444. The third kappa shape index (κ3) is 4.50. The Morgan fingerprint density at radius 3 is 2.81 bits per heavy atom. The molecule has 2 heterocycles. The molecule has 1 N–H and O–H groups in total. The van der Waals surface area contributed by atoms with E-state index in [1.54, 1.807) is 11.3 Å². The molecule has 1 saturated heterocycles. The van der Waals surface area contributed by atoms with Gasteiger partial charge in [-0.15, -0.1) is 11.3 Å². The Hall–Kier alpha value is -2.19. The zero-order valence-electron chi connectivity index (χ0n) is 14.6. The van der Waals surface area contributed by atoms with Gasteiger partial charge in [-0.2, -0.15) is 0 Å². The van der Waals surface area contributed by atoms with Crippen molar-refractivity contribution in [3.05, 3.63) is 50.5 Å². The van der Waals surface area contributed by atoms with Crippen LogP contribution in [0.15, 0.2) is 29.6 Å². The number of halogens is 1. The van der Waals surface area contributed by atoms with Gasteiger partial charge in [0.15, 0.2) is 11.6 Å². The van der Waals surface area contributed by atoms with Crippen molar-refractivity contribution in [3.63, 3.8) is 0 Å². The molecule has 8 heteroatoms.